The van der Waals surface area contributed by atoms with E-state index in [4.69, 9.17) is 22.7 Å². The first-order chi connectivity index (χ1) is 10.8. The quantitative estimate of drug-likeness (QED) is 0.135. The third kappa shape index (κ3) is 7.23. The fourth-order valence-electron chi connectivity index (χ4n) is 1.65. The number of rotatable bonds is 8. The molecule has 0 aliphatic heterocycles. The van der Waals surface area contributed by atoms with E-state index in [0.29, 0.717) is 18.7 Å². The number of hydrogen-bond donors (Lipinski definition) is 4. The van der Waals surface area contributed by atoms with E-state index in [1.807, 2.05) is 5.43 Å². The van der Waals surface area contributed by atoms with E-state index in [2.05, 4.69) is 12.0 Å². The average Bonchev–Trinajstić information content (AvgIpc) is 2.53. The number of alkyl halides is 1. The highest BCUT2D eigenvalue weighted by atomic mass is 35.5. The van der Waals surface area contributed by atoms with Crippen LogP contribution in [0, 0.1) is 11.3 Å². The maximum absolute atomic E-state index is 14.0. The number of hydrogen-bond acceptors (Lipinski definition) is 2. The average molecular weight is 353 g/mol. The van der Waals surface area contributed by atoms with Gasteiger partial charge in [0, 0.05) is 5.88 Å². The van der Waals surface area contributed by atoms with Crippen molar-refractivity contribution >= 4 is 23.5 Å². The van der Waals surface area contributed by atoms with Crippen LogP contribution < -0.4 is 16.6 Å². The maximum Gasteiger partial charge on any atom is 0.246 e. The molecule has 0 aromatic rings. The van der Waals surface area contributed by atoms with Crippen LogP contribution in [0.2, 0.25) is 0 Å². The normalized spacial score (nSPS) is 13.9. The Balaban J connectivity index is 5.28. The lowest BCUT2D eigenvalue weighted by atomic mass is 9.92. The Kier molecular flexibility index (Phi) is 9.80. The van der Waals surface area contributed by atoms with E-state index in [1.165, 1.54) is 6.92 Å². The van der Waals surface area contributed by atoms with Gasteiger partial charge in [0.05, 0.1) is 5.92 Å². The number of allylic oxidation sites excluding steroid dienone is 4. The Labute approximate surface area is 137 Å². The van der Waals surface area contributed by atoms with Crippen molar-refractivity contribution in [3.63, 3.8) is 0 Å². The lowest BCUT2D eigenvalue weighted by Crippen LogP contribution is -2.47. The molecule has 5 nitrogen and oxygen atoms in total. The van der Waals surface area contributed by atoms with Gasteiger partial charge in [0.15, 0.2) is 17.5 Å². The standard InChI is InChI=1S/C14H20ClF3N4O/c1-3-10(16)12(18)11(17)8(2)9(6-4-5-7-15)13(23)21-22-14(19)20/h3,9H,2,4-7H2,1H3,(H,21,23)(H4,19,20,22)/b10-3+,12-11-/t9-/m0/s1. The van der Waals surface area contributed by atoms with Crippen molar-refractivity contribution in [1.29, 1.82) is 5.41 Å². The van der Waals surface area contributed by atoms with Gasteiger partial charge in [-0.05, 0) is 31.4 Å². The predicted octanol–water partition coefficient (Wildman–Crippen LogP) is 3.11. The SMILES string of the molecule is C=C(/C(F)=C(F)\C(F)=C/C)[C@H](CCCCCl)C(=O)NNC(=N)N. The molecule has 0 spiro atoms. The second-order valence-electron chi connectivity index (χ2n) is 4.56. The molecule has 23 heavy (non-hydrogen) atoms. The third-order valence-corrected chi connectivity index (χ3v) is 3.14. The van der Waals surface area contributed by atoms with E-state index in [1.54, 1.807) is 0 Å². The molecular formula is C14H20ClF3N4O. The summed E-state index contributed by atoms with van der Waals surface area (Å²) in [4.78, 5) is 12.0. The van der Waals surface area contributed by atoms with Crippen LogP contribution in [0.3, 0.4) is 0 Å². The molecule has 1 amide bonds. The minimum atomic E-state index is -1.72. The van der Waals surface area contributed by atoms with E-state index in [9.17, 15) is 18.0 Å². The van der Waals surface area contributed by atoms with Crippen LogP contribution >= 0.6 is 11.6 Å². The number of nitrogens with two attached hydrogens (primary N) is 1. The summed E-state index contributed by atoms with van der Waals surface area (Å²) in [5, 5.41) is 6.95. The van der Waals surface area contributed by atoms with Crippen LogP contribution in [-0.4, -0.2) is 17.7 Å². The van der Waals surface area contributed by atoms with Gasteiger partial charge < -0.3 is 5.73 Å². The molecule has 0 rings (SSSR count). The van der Waals surface area contributed by atoms with Gasteiger partial charge in [-0.15, -0.1) is 11.6 Å². The number of guanidine groups is 1. The van der Waals surface area contributed by atoms with Crippen LogP contribution in [0.25, 0.3) is 0 Å². The zero-order valence-corrected chi connectivity index (χ0v) is 13.4. The molecule has 9 heteroatoms. The Morgan fingerprint density at radius 2 is 1.91 bits per heavy atom. The zero-order valence-electron chi connectivity index (χ0n) is 12.7. The fourth-order valence-corrected chi connectivity index (χ4v) is 1.84. The molecule has 0 saturated carbocycles. The number of carbonyl (C=O) groups excluding carboxylic acids is 1. The number of halogens is 4. The Hall–Kier alpha value is -1.96. The van der Waals surface area contributed by atoms with Gasteiger partial charge in [-0.25, -0.2) is 13.2 Å². The van der Waals surface area contributed by atoms with Gasteiger partial charge >= 0.3 is 0 Å². The molecule has 0 aliphatic rings. The molecule has 0 radical (unpaired) electrons. The van der Waals surface area contributed by atoms with E-state index in [-0.39, 0.29) is 6.42 Å². The van der Waals surface area contributed by atoms with E-state index < -0.39 is 40.8 Å². The second-order valence-corrected chi connectivity index (χ2v) is 4.93. The maximum atomic E-state index is 14.0. The first-order valence-electron chi connectivity index (χ1n) is 6.78. The third-order valence-electron chi connectivity index (χ3n) is 2.87. The highest BCUT2D eigenvalue weighted by Crippen LogP contribution is 2.30. The Morgan fingerprint density at radius 3 is 2.39 bits per heavy atom. The van der Waals surface area contributed by atoms with Crippen LogP contribution in [0.1, 0.15) is 26.2 Å². The summed E-state index contributed by atoms with van der Waals surface area (Å²) < 4.78 is 40.7. The Bertz CT molecular complexity index is 520. The first-order valence-corrected chi connectivity index (χ1v) is 7.32. The summed E-state index contributed by atoms with van der Waals surface area (Å²) in [6, 6.07) is 0. The highest BCUT2D eigenvalue weighted by Gasteiger charge is 2.27. The summed E-state index contributed by atoms with van der Waals surface area (Å²) in [6.45, 7) is 4.55. The highest BCUT2D eigenvalue weighted by molar-refractivity contribution is 6.17. The molecule has 0 unspecified atom stereocenters. The molecule has 1 atom stereocenters. The minimum Gasteiger partial charge on any atom is -0.369 e. The molecule has 0 aliphatic carbocycles. The number of carbonyl (C=O) groups is 1. The Morgan fingerprint density at radius 1 is 1.30 bits per heavy atom. The van der Waals surface area contributed by atoms with Crippen LogP contribution in [0.4, 0.5) is 13.2 Å². The number of unbranched alkanes of at least 4 members (excludes halogenated alkanes) is 1. The lowest BCUT2D eigenvalue weighted by Gasteiger charge is -2.18. The molecule has 5 N–H and O–H groups in total. The van der Waals surface area contributed by atoms with Gasteiger partial charge in [0.1, 0.15) is 0 Å². The van der Waals surface area contributed by atoms with E-state index >= 15 is 0 Å². The van der Waals surface area contributed by atoms with Gasteiger partial charge in [0.2, 0.25) is 11.9 Å². The second kappa shape index (κ2) is 10.7. The van der Waals surface area contributed by atoms with Crippen molar-refractivity contribution in [3.05, 3.63) is 35.7 Å². The van der Waals surface area contributed by atoms with Crippen LogP contribution in [0.15, 0.2) is 35.7 Å². The zero-order chi connectivity index (χ0) is 18.0. The first kappa shape index (κ1) is 21.0. The van der Waals surface area contributed by atoms with Crippen LogP contribution in [-0.2, 0) is 4.79 Å². The predicted molar refractivity (Wildman–Crippen MR) is 84.5 cm³/mol. The molecular weight excluding hydrogens is 333 g/mol. The minimum absolute atomic E-state index is 0.120. The van der Waals surface area contributed by atoms with Crippen molar-refractivity contribution in [1.82, 2.24) is 10.9 Å². The van der Waals surface area contributed by atoms with Gasteiger partial charge in [-0.1, -0.05) is 13.0 Å². The lowest BCUT2D eigenvalue weighted by molar-refractivity contribution is -0.124. The molecule has 0 aromatic carbocycles. The van der Waals surface area contributed by atoms with Gasteiger partial charge in [0.25, 0.3) is 0 Å². The van der Waals surface area contributed by atoms with E-state index in [0.717, 1.165) is 6.08 Å². The van der Waals surface area contributed by atoms with Gasteiger partial charge in [-0.3, -0.25) is 21.1 Å². The van der Waals surface area contributed by atoms with Crippen molar-refractivity contribution in [2.45, 2.75) is 26.2 Å². The molecule has 0 aromatic heterocycles. The van der Waals surface area contributed by atoms with Crippen molar-refractivity contribution < 1.29 is 18.0 Å². The van der Waals surface area contributed by atoms with Crippen molar-refractivity contribution in [2.75, 3.05) is 5.88 Å². The molecule has 0 fully saturated rings. The number of nitrogens with one attached hydrogen (secondary N) is 3. The number of hydrazine groups is 1. The fraction of sp³-hybridized carbons (Fsp3) is 0.429. The smallest absolute Gasteiger partial charge is 0.246 e. The molecule has 0 heterocycles. The van der Waals surface area contributed by atoms with Gasteiger partial charge in [-0.2, -0.15) is 0 Å². The largest absolute Gasteiger partial charge is 0.369 e. The molecule has 130 valence electrons. The summed E-state index contributed by atoms with van der Waals surface area (Å²) in [7, 11) is 0. The van der Waals surface area contributed by atoms with Crippen molar-refractivity contribution in [2.24, 2.45) is 11.7 Å². The molecule has 0 bridgehead atoms. The van der Waals surface area contributed by atoms with Crippen LogP contribution in [0.5, 0.6) is 0 Å². The summed E-state index contributed by atoms with van der Waals surface area (Å²) in [5.41, 5.74) is 8.64. The number of amides is 1. The van der Waals surface area contributed by atoms with Crippen molar-refractivity contribution in [3.8, 4) is 0 Å². The summed E-state index contributed by atoms with van der Waals surface area (Å²) in [5.74, 6) is -6.77. The summed E-state index contributed by atoms with van der Waals surface area (Å²) in [6.07, 6.45) is 1.87. The summed E-state index contributed by atoms with van der Waals surface area (Å²) >= 11 is 5.54. The topological polar surface area (TPSA) is 91.0 Å². The molecule has 0 saturated heterocycles. The monoisotopic (exact) mass is 352 g/mol.